The van der Waals surface area contributed by atoms with Crippen LogP contribution in [0, 0.1) is 12.8 Å². The van der Waals surface area contributed by atoms with E-state index in [-0.39, 0.29) is 17.5 Å². The van der Waals surface area contributed by atoms with Crippen LogP contribution in [-0.4, -0.2) is 28.6 Å². The second kappa shape index (κ2) is 7.19. The van der Waals surface area contributed by atoms with Crippen LogP contribution in [0.5, 0.6) is 0 Å². The number of urea groups is 1. The molecule has 2 aromatic heterocycles. The quantitative estimate of drug-likeness (QED) is 0.681. The number of carbonyl (C=O) groups is 1. The second-order valence-electron chi connectivity index (χ2n) is 8.06. The summed E-state index contributed by atoms with van der Waals surface area (Å²) in [5, 5.41) is 5.09. The smallest absolute Gasteiger partial charge is 0.321 e. The fourth-order valence-electron chi connectivity index (χ4n) is 4.66. The summed E-state index contributed by atoms with van der Waals surface area (Å²) in [5.41, 5.74) is 4.26. The number of aromatic nitrogens is 1. The molecule has 5 nitrogen and oxygen atoms in total. The zero-order chi connectivity index (χ0) is 20.0. The van der Waals surface area contributed by atoms with Gasteiger partial charge in [0.1, 0.15) is 0 Å². The van der Waals surface area contributed by atoms with Gasteiger partial charge in [0.05, 0.1) is 0 Å². The maximum Gasteiger partial charge on any atom is 0.321 e. The van der Waals surface area contributed by atoms with Gasteiger partial charge in [0, 0.05) is 53.4 Å². The molecule has 2 aliphatic rings. The van der Waals surface area contributed by atoms with E-state index in [0.29, 0.717) is 25.6 Å². The number of thiophene rings is 1. The van der Waals surface area contributed by atoms with Gasteiger partial charge in [0.25, 0.3) is 5.56 Å². The van der Waals surface area contributed by atoms with E-state index in [4.69, 9.17) is 0 Å². The SMILES string of the molecule is Cc1ccc(NC(=O)N2C[C@H]3C[C@H](C2)c2c(-c4cccs4)ccc(=O)n2C3)cc1. The van der Waals surface area contributed by atoms with Gasteiger partial charge in [-0.25, -0.2) is 4.79 Å². The Kier molecular flexibility index (Phi) is 4.51. The van der Waals surface area contributed by atoms with E-state index in [2.05, 4.69) is 16.8 Å². The molecule has 2 bridgehead atoms. The number of fused-ring (bicyclic) bond motifs is 4. The molecule has 6 heteroatoms. The summed E-state index contributed by atoms with van der Waals surface area (Å²) in [6.07, 6.45) is 1.02. The average molecular weight is 406 g/mol. The number of nitrogens with zero attached hydrogens (tertiary/aromatic N) is 2. The highest BCUT2D eigenvalue weighted by Crippen LogP contribution is 2.40. The number of nitrogens with one attached hydrogen (secondary N) is 1. The Hall–Kier alpha value is -2.86. The molecule has 1 saturated heterocycles. The van der Waals surface area contributed by atoms with E-state index in [1.54, 1.807) is 17.4 Å². The van der Waals surface area contributed by atoms with E-state index < -0.39 is 0 Å². The first kappa shape index (κ1) is 18.2. The molecular weight excluding hydrogens is 382 g/mol. The molecule has 1 N–H and O–H groups in total. The van der Waals surface area contributed by atoms with Crippen LogP contribution in [0.15, 0.2) is 58.7 Å². The summed E-state index contributed by atoms with van der Waals surface area (Å²) in [5.74, 6) is 0.485. The lowest BCUT2D eigenvalue weighted by molar-refractivity contribution is 0.140. The Bertz CT molecular complexity index is 1100. The number of likely N-dealkylation sites (tertiary alicyclic amines) is 1. The van der Waals surface area contributed by atoms with Crippen molar-refractivity contribution in [3.05, 3.63) is 75.5 Å². The highest BCUT2D eigenvalue weighted by molar-refractivity contribution is 7.13. The summed E-state index contributed by atoms with van der Waals surface area (Å²) in [7, 11) is 0. The topological polar surface area (TPSA) is 54.3 Å². The van der Waals surface area contributed by atoms with Crippen molar-refractivity contribution in [2.24, 2.45) is 5.92 Å². The predicted molar refractivity (Wildman–Crippen MR) is 117 cm³/mol. The zero-order valence-corrected chi connectivity index (χ0v) is 17.1. The van der Waals surface area contributed by atoms with Crippen LogP contribution in [0.3, 0.4) is 0 Å². The molecule has 2 atom stereocenters. The van der Waals surface area contributed by atoms with Crippen molar-refractivity contribution in [1.82, 2.24) is 9.47 Å². The molecule has 148 valence electrons. The molecular formula is C23H23N3O2S. The molecule has 1 aromatic carbocycles. The number of hydrogen-bond donors (Lipinski definition) is 1. The third-order valence-corrected chi connectivity index (χ3v) is 6.87. The lowest BCUT2D eigenvalue weighted by Crippen LogP contribution is -2.50. The molecule has 3 aromatic rings. The van der Waals surface area contributed by atoms with E-state index in [9.17, 15) is 9.59 Å². The van der Waals surface area contributed by atoms with Crippen molar-refractivity contribution in [3.8, 4) is 10.4 Å². The summed E-state index contributed by atoms with van der Waals surface area (Å²) < 4.78 is 1.95. The number of rotatable bonds is 2. The van der Waals surface area contributed by atoms with Gasteiger partial charge >= 0.3 is 6.03 Å². The summed E-state index contributed by atoms with van der Waals surface area (Å²) >= 11 is 1.69. The molecule has 5 rings (SSSR count). The number of aryl methyl sites for hydroxylation is 1. The molecule has 0 saturated carbocycles. The van der Waals surface area contributed by atoms with Gasteiger partial charge in [0.2, 0.25) is 0 Å². The summed E-state index contributed by atoms with van der Waals surface area (Å²) in [4.78, 5) is 28.6. The molecule has 0 spiro atoms. The monoisotopic (exact) mass is 405 g/mol. The molecule has 2 aliphatic heterocycles. The van der Waals surface area contributed by atoms with Crippen LogP contribution < -0.4 is 10.9 Å². The van der Waals surface area contributed by atoms with Gasteiger partial charge in [-0.1, -0.05) is 23.8 Å². The first-order valence-corrected chi connectivity index (χ1v) is 10.9. The molecule has 0 radical (unpaired) electrons. The van der Waals surface area contributed by atoms with Crippen molar-refractivity contribution >= 4 is 23.1 Å². The van der Waals surface area contributed by atoms with Crippen molar-refractivity contribution < 1.29 is 4.79 Å². The van der Waals surface area contributed by atoms with Crippen molar-refractivity contribution in [3.63, 3.8) is 0 Å². The van der Waals surface area contributed by atoms with Gasteiger partial charge in [0.15, 0.2) is 0 Å². The number of carbonyl (C=O) groups excluding carboxylic acids is 1. The summed E-state index contributed by atoms with van der Waals surface area (Å²) in [6, 6.07) is 15.6. The molecule has 0 unspecified atom stereocenters. The highest BCUT2D eigenvalue weighted by Gasteiger charge is 2.38. The van der Waals surface area contributed by atoms with Crippen LogP contribution in [0.1, 0.15) is 23.6 Å². The van der Waals surface area contributed by atoms with Gasteiger partial charge < -0.3 is 14.8 Å². The summed E-state index contributed by atoms with van der Waals surface area (Å²) in [6.45, 7) is 4.03. The van der Waals surface area contributed by atoms with Gasteiger partial charge in [-0.3, -0.25) is 4.79 Å². The van der Waals surface area contributed by atoms with Gasteiger partial charge in [-0.15, -0.1) is 11.3 Å². The number of benzene rings is 1. The Balaban J connectivity index is 1.44. The molecule has 29 heavy (non-hydrogen) atoms. The van der Waals surface area contributed by atoms with Crippen molar-refractivity contribution in [1.29, 1.82) is 0 Å². The number of anilines is 1. The molecule has 0 aliphatic carbocycles. The normalized spacial score (nSPS) is 20.2. The van der Waals surface area contributed by atoms with Crippen LogP contribution >= 0.6 is 11.3 Å². The van der Waals surface area contributed by atoms with Crippen LogP contribution in [0.25, 0.3) is 10.4 Å². The molecule has 4 heterocycles. The van der Waals surface area contributed by atoms with Crippen LogP contribution in [-0.2, 0) is 6.54 Å². The number of hydrogen-bond acceptors (Lipinski definition) is 3. The molecule has 1 fully saturated rings. The Labute approximate surface area is 173 Å². The van der Waals surface area contributed by atoms with E-state index >= 15 is 0 Å². The lowest BCUT2D eigenvalue weighted by atomic mass is 9.81. The Morgan fingerprint density at radius 1 is 1.07 bits per heavy atom. The average Bonchev–Trinajstić information content (AvgIpc) is 3.25. The largest absolute Gasteiger partial charge is 0.324 e. The minimum Gasteiger partial charge on any atom is -0.324 e. The predicted octanol–water partition coefficient (Wildman–Crippen LogP) is 4.54. The van der Waals surface area contributed by atoms with Crippen LogP contribution in [0.2, 0.25) is 0 Å². The first-order chi connectivity index (χ1) is 14.1. The maximum absolute atomic E-state index is 12.9. The number of pyridine rings is 1. The minimum absolute atomic E-state index is 0.0621. The number of piperidine rings is 1. The molecule has 2 amide bonds. The Morgan fingerprint density at radius 2 is 1.90 bits per heavy atom. The second-order valence-corrected chi connectivity index (χ2v) is 9.01. The van der Waals surface area contributed by atoms with Crippen molar-refractivity contribution in [2.45, 2.75) is 25.8 Å². The third kappa shape index (κ3) is 3.38. The highest BCUT2D eigenvalue weighted by atomic mass is 32.1. The lowest BCUT2D eigenvalue weighted by Gasteiger charge is -2.43. The van der Waals surface area contributed by atoms with E-state index in [1.807, 2.05) is 52.8 Å². The number of amides is 2. The third-order valence-electron chi connectivity index (χ3n) is 5.97. The fraction of sp³-hybridized carbons (Fsp3) is 0.304. The van der Waals surface area contributed by atoms with Crippen molar-refractivity contribution in [2.75, 3.05) is 18.4 Å². The maximum atomic E-state index is 12.9. The minimum atomic E-state index is -0.0621. The van der Waals surface area contributed by atoms with E-state index in [1.165, 1.54) is 10.4 Å². The fourth-order valence-corrected chi connectivity index (χ4v) is 5.42. The first-order valence-electron chi connectivity index (χ1n) is 9.98. The van der Waals surface area contributed by atoms with Gasteiger partial charge in [-0.2, -0.15) is 0 Å². The Morgan fingerprint density at radius 3 is 2.66 bits per heavy atom. The van der Waals surface area contributed by atoms with Gasteiger partial charge in [-0.05, 0) is 48.9 Å². The standard InChI is InChI=1S/C23H23N3O2S/c1-15-4-6-18(7-5-15)24-23(28)25-12-16-11-17(14-25)22-19(20-3-2-10-29-20)8-9-21(27)26(22)13-16/h2-10,16-17H,11-14H2,1H3,(H,24,28)/t16-,17-/m1/s1. The zero-order valence-electron chi connectivity index (χ0n) is 16.3. The van der Waals surface area contributed by atoms with Crippen LogP contribution in [0.4, 0.5) is 10.5 Å². The van der Waals surface area contributed by atoms with E-state index in [0.717, 1.165) is 23.4 Å².